The monoisotopic (exact) mass is 334 g/mol. The van der Waals surface area contributed by atoms with Crippen molar-refractivity contribution < 1.29 is 14.0 Å². The smallest absolute Gasteiger partial charge is 0.289 e. The number of benzene rings is 1. The standard InChI is InChI=1S/C19H27FN2O2/c1-4-18(23)19(24)22-11-5-10-21(17(13-22)14(2)3)12-15-6-8-16(20)9-7-15/h6-9,14,17H,4-5,10-13H2,1-3H3/t17-/m1/s1. The first-order chi connectivity index (χ1) is 11.4. The minimum atomic E-state index is -0.355. The highest BCUT2D eigenvalue weighted by Gasteiger charge is 2.31. The fourth-order valence-electron chi connectivity index (χ4n) is 3.23. The van der Waals surface area contributed by atoms with Crippen LogP contribution in [0, 0.1) is 11.7 Å². The van der Waals surface area contributed by atoms with Gasteiger partial charge in [-0.1, -0.05) is 32.9 Å². The summed E-state index contributed by atoms with van der Waals surface area (Å²) in [5.41, 5.74) is 1.06. The van der Waals surface area contributed by atoms with Crippen LogP contribution in [0.5, 0.6) is 0 Å². The van der Waals surface area contributed by atoms with Crippen molar-refractivity contribution >= 4 is 11.7 Å². The second-order valence-electron chi connectivity index (χ2n) is 6.79. The number of hydrogen-bond acceptors (Lipinski definition) is 3. The van der Waals surface area contributed by atoms with Crippen LogP contribution in [-0.2, 0) is 16.1 Å². The summed E-state index contributed by atoms with van der Waals surface area (Å²) in [7, 11) is 0. The third-order valence-electron chi connectivity index (χ3n) is 4.67. The molecule has 1 amide bonds. The molecule has 4 nitrogen and oxygen atoms in total. The van der Waals surface area contributed by atoms with Gasteiger partial charge in [-0.25, -0.2) is 4.39 Å². The second kappa shape index (κ2) is 8.38. The zero-order chi connectivity index (χ0) is 17.7. The Balaban J connectivity index is 2.12. The van der Waals surface area contributed by atoms with Crippen molar-refractivity contribution in [1.29, 1.82) is 0 Å². The van der Waals surface area contributed by atoms with E-state index < -0.39 is 0 Å². The van der Waals surface area contributed by atoms with Gasteiger partial charge in [-0.3, -0.25) is 14.5 Å². The normalized spacial score (nSPS) is 19.4. The Morgan fingerprint density at radius 1 is 1.21 bits per heavy atom. The minimum absolute atomic E-state index is 0.186. The molecule has 1 aromatic rings. The van der Waals surface area contributed by atoms with E-state index in [1.54, 1.807) is 24.0 Å². The molecular weight excluding hydrogens is 307 g/mol. The minimum Gasteiger partial charge on any atom is -0.334 e. The van der Waals surface area contributed by atoms with Crippen LogP contribution in [-0.4, -0.2) is 47.2 Å². The molecule has 0 bridgehead atoms. The molecular formula is C19H27FN2O2. The molecule has 0 saturated carbocycles. The van der Waals surface area contributed by atoms with Crippen molar-refractivity contribution in [2.75, 3.05) is 19.6 Å². The third kappa shape index (κ3) is 4.63. The van der Waals surface area contributed by atoms with E-state index in [1.807, 2.05) is 0 Å². The Hall–Kier alpha value is -1.75. The number of ketones is 1. The molecule has 0 N–H and O–H groups in total. The average molecular weight is 334 g/mol. The summed E-state index contributed by atoms with van der Waals surface area (Å²) < 4.78 is 13.1. The number of halogens is 1. The Morgan fingerprint density at radius 3 is 2.46 bits per heavy atom. The van der Waals surface area contributed by atoms with E-state index in [2.05, 4.69) is 18.7 Å². The fraction of sp³-hybridized carbons (Fsp3) is 0.579. The highest BCUT2D eigenvalue weighted by atomic mass is 19.1. The van der Waals surface area contributed by atoms with Gasteiger partial charge < -0.3 is 4.90 Å². The van der Waals surface area contributed by atoms with Gasteiger partial charge in [0.2, 0.25) is 5.78 Å². The summed E-state index contributed by atoms with van der Waals surface area (Å²) in [5, 5.41) is 0. The maximum atomic E-state index is 13.1. The summed E-state index contributed by atoms with van der Waals surface area (Å²) >= 11 is 0. The van der Waals surface area contributed by atoms with Gasteiger partial charge in [0.1, 0.15) is 5.82 Å². The zero-order valence-electron chi connectivity index (χ0n) is 14.8. The summed E-state index contributed by atoms with van der Waals surface area (Å²) in [6, 6.07) is 6.76. The molecule has 2 rings (SSSR count). The summed E-state index contributed by atoms with van der Waals surface area (Å²) in [6.45, 7) is 8.78. The van der Waals surface area contributed by atoms with Gasteiger partial charge in [-0.15, -0.1) is 0 Å². The summed E-state index contributed by atoms with van der Waals surface area (Å²) in [4.78, 5) is 28.1. The Kier molecular flexibility index (Phi) is 6.49. The lowest BCUT2D eigenvalue weighted by molar-refractivity contribution is -0.144. The van der Waals surface area contributed by atoms with Gasteiger partial charge in [0.15, 0.2) is 0 Å². The lowest BCUT2D eigenvalue weighted by Crippen LogP contribution is -2.47. The van der Waals surface area contributed by atoms with Crippen molar-refractivity contribution in [3.63, 3.8) is 0 Å². The molecule has 1 saturated heterocycles. The number of amides is 1. The van der Waals surface area contributed by atoms with Crippen molar-refractivity contribution in [3.05, 3.63) is 35.6 Å². The van der Waals surface area contributed by atoms with Gasteiger partial charge in [0, 0.05) is 38.6 Å². The molecule has 5 heteroatoms. The van der Waals surface area contributed by atoms with Crippen LogP contribution in [0.1, 0.15) is 39.2 Å². The van der Waals surface area contributed by atoms with Gasteiger partial charge in [-0.05, 0) is 30.0 Å². The zero-order valence-corrected chi connectivity index (χ0v) is 14.8. The largest absolute Gasteiger partial charge is 0.334 e. The van der Waals surface area contributed by atoms with E-state index in [9.17, 15) is 14.0 Å². The van der Waals surface area contributed by atoms with E-state index in [0.717, 1.165) is 25.1 Å². The quantitative estimate of drug-likeness (QED) is 0.778. The molecule has 0 unspecified atom stereocenters. The number of rotatable bonds is 5. The lowest BCUT2D eigenvalue weighted by atomic mass is 10.0. The Labute approximate surface area is 143 Å². The van der Waals surface area contributed by atoms with Crippen LogP contribution >= 0.6 is 0 Å². The first-order valence-electron chi connectivity index (χ1n) is 8.73. The van der Waals surface area contributed by atoms with Crippen LogP contribution in [0.2, 0.25) is 0 Å². The first-order valence-corrected chi connectivity index (χ1v) is 8.73. The Morgan fingerprint density at radius 2 is 1.88 bits per heavy atom. The van der Waals surface area contributed by atoms with Crippen LogP contribution < -0.4 is 0 Å². The molecule has 1 aliphatic heterocycles. The van der Waals surface area contributed by atoms with Gasteiger partial charge in [0.05, 0.1) is 0 Å². The Bertz CT molecular complexity index is 571. The van der Waals surface area contributed by atoms with E-state index in [0.29, 0.717) is 19.0 Å². The molecule has 1 atom stereocenters. The van der Waals surface area contributed by atoms with Gasteiger partial charge in [-0.2, -0.15) is 0 Å². The number of Topliss-reactive ketones (excluding diaryl/α,β-unsaturated/α-hetero) is 1. The highest BCUT2D eigenvalue weighted by molar-refractivity contribution is 6.35. The molecule has 132 valence electrons. The van der Waals surface area contributed by atoms with Crippen LogP contribution in [0.4, 0.5) is 4.39 Å². The number of carbonyl (C=O) groups excluding carboxylic acids is 2. The van der Waals surface area contributed by atoms with E-state index in [1.165, 1.54) is 12.1 Å². The summed E-state index contributed by atoms with van der Waals surface area (Å²) in [5.74, 6) is -0.545. The predicted octanol–water partition coefficient (Wildman–Crippen LogP) is 2.86. The fourth-order valence-corrected chi connectivity index (χ4v) is 3.23. The molecule has 1 aromatic carbocycles. The molecule has 1 aliphatic rings. The SMILES string of the molecule is CCC(=O)C(=O)N1CCCN(Cc2ccc(F)cc2)[C@@H](C(C)C)C1. The van der Waals surface area contributed by atoms with Gasteiger partial charge >= 0.3 is 0 Å². The number of nitrogens with zero attached hydrogens (tertiary/aromatic N) is 2. The van der Waals surface area contributed by atoms with Crippen LogP contribution in [0.15, 0.2) is 24.3 Å². The van der Waals surface area contributed by atoms with E-state index in [-0.39, 0.29) is 30.0 Å². The van der Waals surface area contributed by atoms with Crippen molar-refractivity contribution in [1.82, 2.24) is 9.80 Å². The molecule has 1 heterocycles. The molecule has 0 aliphatic carbocycles. The van der Waals surface area contributed by atoms with E-state index >= 15 is 0 Å². The first kappa shape index (κ1) is 18.6. The topological polar surface area (TPSA) is 40.6 Å². The van der Waals surface area contributed by atoms with Crippen molar-refractivity contribution in [2.24, 2.45) is 5.92 Å². The number of carbonyl (C=O) groups is 2. The maximum Gasteiger partial charge on any atom is 0.289 e. The van der Waals surface area contributed by atoms with Crippen LogP contribution in [0.3, 0.4) is 0 Å². The maximum absolute atomic E-state index is 13.1. The van der Waals surface area contributed by atoms with Gasteiger partial charge in [0.25, 0.3) is 5.91 Å². The third-order valence-corrected chi connectivity index (χ3v) is 4.67. The number of hydrogen-bond donors (Lipinski definition) is 0. The molecule has 0 aromatic heterocycles. The van der Waals surface area contributed by atoms with Crippen molar-refractivity contribution in [2.45, 2.75) is 46.2 Å². The molecule has 0 radical (unpaired) electrons. The second-order valence-corrected chi connectivity index (χ2v) is 6.79. The predicted molar refractivity (Wildman–Crippen MR) is 91.9 cm³/mol. The van der Waals surface area contributed by atoms with E-state index in [4.69, 9.17) is 0 Å². The molecule has 24 heavy (non-hydrogen) atoms. The lowest BCUT2D eigenvalue weighted by Gasteiger charge is -2.34. The summed E-state index contributed by atoms with van der Waals surface area (Å²) in [6.07, 6.45) is 1.09. The average Bonchev–Trinajstić information content (AvgIpc) is 2.78. The molecule has 1 fully saturated rings. The van der Waals surface area contributed by atoms with Crippen molar-refractivity contribution in [3.8, 4) is 0 Å². The van der Waals surface area contributed by atoms with Crippen LogP contribution in [0.25, 0.3) is 0 Å². The highest BCUT2D eigenvalue weighted by Crippen LogP contribution is 2.20. The molecule has 0 spiro atoms.